The average molecular weight is 380 g/mol. The molecule has 28 heavy (non-hydrogen) atoms. The van der Waals surface area contributed by atoms with Crippen LogP contribution in [0.5, 0.6) is 5.75 Å². The van der Waals surface area contributed by atoms with Crippen LogP contribution < -0.4 is 9.64 Å². The summed E-state index contributed by atoms with van der Waals surface area (Å²) in [5.74, 6) is 0.190. The Labute approximate surface area is 164 Å². The van der Waals surface area contributed by atoms with Crippen LogP contribution in [0.4, 0.5) is 10.1 Å². The Morgan fingerprint density at radius 3 is 2.54 bits per heavy atom. The van der Waals surface area contributed by atoms with E-state index in [1.807, 2.05) is 13.0 Å². The van der Waals surface area contributed by atoms with Crippen LogP contribution in [-0.4, -0.2) is 54.9 Å². The molecule has 0 spiro atoms. The van der Waals surface area contributed by atoms with Crippen molar-refractivity contribution in [3.05, 3.63) is 54.3 Å². The Hall–Kier alpha value is -2.86. The lowest BCUT2D eigenvalue weighted by Crippen LogP contribution is -2.44. The number of nitrogens with zero attached hydrogens (tertiary/aromatic N) is 3. The van der Waals surface area contributed by atoms with Gasteiger partial charge in [0, 0.05) is 37.4 Å². The van der Waals surface area contributed by atoms with Gasteiger partial charge in [0.15, 0.2) is 0 Å². The van der Waals surface area contributed by atoms with Gasteiger partial charge in [-0.3, -0.25) is 5.10 Å². The highest BCUT2D eigenvalue weighted by molar-refractivity contribution is 5.73. The van der Waals surface area contributed by atoms with Crippen LogP contribution in [0.15, 0.2) is 48.5 Å². The predicted molar refractivity (Wildman–Crippen MR) is 110 cm³/mol. The fourth-order valence-electron chi connectivity index (χ4n) is 3.55. The van der Waals surface area contributed by atoms with Crippen molar-refractivity contribution in [3.63, 3.8) is 0 Å². The zero-order valence-corrected chi connectivity index (χ0v) is 16.3. The van der Waals surface area contributed by atoms with E-state index in [4.69, 9.17) is 4.74 Å². The first-order valence-corrected chi connectivity index (χ1v) is 9.66. The molecule has 1 saturated heterocycles. The van der Waals surface area contributed by atoms with Gasteiger partial charge in [0.1, 0.15) is 11.6 Å². The fraction of sp³-hybridized carbons (Fsp3) is 0.318. The number of hydrogen-bond donors (Lipinski definition) is 1. The average Bonchev–Trinajstić information content (AvgIpc) is 3.19. The first-order chi connectivity index (χ1) is 13.7. The van der Waals surface area contributed by atoms with Gasteiger partial charge in [-0.15, -0.1) is 0 Å². The van der Waals surface area contributed by atoms with Gasteiger partial charge >= 0.3 is 0 Å². The number of piperazine rings is 1. The van der Waals surface area contributed by atoms with E-state index < -0.39 is 0 Å². The van der Waals surface area contributed by atoms with E-state index in [1.54, 1.807) is 12.1 Å². The topological polar surface area (TPSA) is 44.4 Å². The van der Waals surface area contributed by atoms with Crippen molar-refractivity contribution in [2.24, 2.45) is 0 Å². The molecule has 5 nitrogen and oxygen atoms in total. The first-order valence-electron chi connectivity index (χ1n) is 9.66. The second-order valence-electron chi connectivity index (χ2n) is 7.05. The van der Waals surface area contributed by atoms with E-state index in [0.717, 1.165) is 37.4 Å². The Morgan fingerprint density at radius 2 is 1.82 bits per heavy atom. The number of aromatic amines is 1. The zero-order chi connectivity index (χ0) is 19.5. The summed E-state index contributed by atoms with van der Waals surface area (Å²) >= 11 is 0. The summed E-state index contributed by atoms with van der Waals surface area (Å²) in [6.45, 7) is 6.59. The van der Waals surface area contributed by atoms with E-state index >= 15 is 0 Å². The molecule has 2 aromatic carbocycles. The molecule has 1 fully saturated rings. The molecule has 0 aliphatic carbocycles. The van der Waals surface area contributed by atoms with Crippen molar-refractivity contribution < 1.29 is 9.13 Å². The zero-order valence-electron chi connectivity index (χ0n) is 16.3. The maximum atomic E-state index is 14.4. The number of aromatic nitrogens is 2. The van der Waals surface area contributed by atoms with Gasteiger partial charge in [0.25, 0.3) is 0 Å². The molecule has 1 N–H and O–H groups in total. The lowest BCUT2D eigenvalue weighted by Gasteiger charge is -2.34. The monoisotopic (exact) mass is 380 g/mol. The molecule has 4 rings (SSSR count). The van der Waals surface area contributed by atoms with Crippen molar-refractivity contribution in [2.75, 3.05) is 44.7 Å². The van der Waals surface area contributed by atoms with Crippen molar-refractivity contribution in [2.45, 2.75) is 6.92 Å². The van der Waals surface area contributed by atoms with Gasteiger partial charge in [0.05, 0.1) is 23.6 Å². The molecule has 146 valence electrons. The lowest BCUT2D eigenvalue weighted by molar-refractivity contribution is 0.313. The largest absolute Gasteiger partial charge is 0.493 e. The van der Waals surface area contributed by atoms with E-state index in [9.17, 15) is 4.39 Å². The number of benzene rings is 2. The van der Waals surface area contributed by atoms with Crippen molar-refractivity contribution >= 4 is 5.69 Å². The van der Waals surface area contributed by atoms with Crippen LogP contribution in [-0.2, 0) is 0 Å². The summed E-state index contributed by atoms with van der Waals surface area (Å²) in [5, 5.41) is 7.35. The van der Waals surface area contributed by atoms with E-state index in [2.05, 4.69) is 51.3 Å². The third-order valence-electron chi connectivity index (χ3n) is 5.15. The number of nitrogens with one attached hydrogen (secondary N) is 1. The molecule has 1 aliphatic heterocycles. The number of ether oxygens (including phenoxy) is 1. The second-order valence-corrected chi connectivity index (χ2v) is 7.05. The number of H-pyrrole nitrogens is 1. The Balaban J connectivity index is 1.57. The van der Waals surface area contributed by atoms with E-state index in [1.165, 1.54) is 11.8 Å². The minimum atomic E-state index is -0.327. The van der Waals surface area contributed by atoms with Gasteiger partial charge < -0.3 is 14.5 Å². The van der Waals surface area contributed by atoms with Crippen LogP contribution in [0.2, 0.25) is 0 Å². The van der Waals surface area contributed by atoms with Crippen molar-refractivity contribution in [1.82, 2.24) is 15.1 Å². The SMILES string of the molecule is CCOc1cccc(F)c1-c1cc(-c2ccc(N3CCN(C)CC3)cc2)n[nH]1. The van der Waals surface area contributed by atoms with Crippen LogP contribution in [0.25, 0.3) is 22.5 Å². The molecule has 0 unspecified atom stereocenters. The van der Waals surface area contributed by atoms with Crippen molar-refractivity contribution in [1.29, 1.82) is 0 Å². The normalized spacial score (nSPS) is 15.0. The van der Waals surface area contributed by atoms with Gasteiger partial charge in [-0.25, -0.2) is 4.39 Å². The molecule has 1 aliphatic rings. The molecule has 0 amide bonds. The van der Waals surface area contributed by atoms with Crippen LogP contribution in [0.3, 0.4) is 0 Å². The predicted octanol–water partition coefficient (Wildman–Crippen LogP) is 4.03. The van der Waals surface area contributed by atoms with Crippen LogP contribution >= 0.6 is 0 Å². The molecule has 3 aromatic rings. The summed E-state index contributed by atoms with van der Waals surface area (Å²) < 4.78 is 20.0. The van der Waals surface area contributed by atoms with Crippen LogP contribution in [0.1, 0.15) is 6.92 Å². The Bertz CT molecular complexity index is 930. The van der Waals surface area contributed by atoms with Crippen molar-refractivity contribution in [3.8, 4) is 28.3 Å². The smallest absolute Gasteiger partial charge is 0.136 e. The summed E-state index contributed by atoms with van der Waals surface area (Å²) in [6, 6.07) is 15.1. The highest BCUT2D eigenvalue weighted by Crippen LogP contribution is 2.33. The minimum Gasteiger partial charge on any atom is -0.493 e. The Morgan fingerprint density at radius 1 is 1.07 bits per heavy atom. The quantitative estimate of drug-likeness (QED) is 0.726. The number of rotatable bonds is 5. The molecule has 0 saturated carbocycles. The number of hydrogen-bond acceptors (Lipinski definition) is 4. The summed E-state index contributed by atoms with van der Waals surface area (Å²) in [7, 11) is 2.15. The number of likely N-dealkylation sites (N-methyl/N-ethyl adjacent to an activating group) is 1. The van der Waals surface area contributed by atoms with Crippen LogP contribution in [0, 0.1) is 5.82 Å². The standard InChI is InChI=1S/C22H25FN4O/c1-3-28-21-6-4-5-18(23)22(21)20-15-19(24-25-20)16-7-9-17(10-8-16)27-13-11-26(2)12-14-27/h4-10,15H,3,11-14H2,1-2H3,(H,24,25). The molecule has 0 radical (unpaired) electrons. The minimum absolute atomic E-state index is 0.327. The van der Waals surface area contributed by atoms with E-state index in [-0.39, 0.29) is 5.82 Å². The molecule has 1 aromatic heterocycles. The first kappa shape index (κ1) is 18.5. The second kappa shape index (κ2) is 8.02. The van der Waals surface area contributed by atoms with Gasteiger partial charge in [-0.05, 0) is 44.3 Å². The van der Waals surface area contributed by atoms with Gasteiger partial charge in [0.2, 0.25) is 0 Å². The highest BCUT2D eigenvalue weighted by atomic mass is 19.1. The lowest BCUT2D eigenvalue weighted by atomic mass is 10.1. The number of anilines is 1. The molecule has 6 heteroatoms. The third-order valence-corrected chi connectivity index (χ3v) is 5.15. The fourth-order valence-corrected chi connectivity index (χ4v) is 3.55. The maximum absolute atomic E-state index is 14.4. The maximum Gasteiger partial charge on any atom is 0.136 e. The van der Waals surface area contributed by atoms with Gasteiger partial charge in [-0.1, -0.05) is 18.2 Å². The Kier molecular flexibility index (Phi) is 5.30. The summed E-state index contributed by atoms with van der Waals surface area (Å²) in [6.07, 6.45) is 0. The molecular formula is C22H25FN4O. The summed E-state index contributed by atoms with van der Waals surface area (Å²) in [4.78, 5) is 4.74. The molecule has 0 atom stereocenters. The molecule has 0 bridgehead atoms. The highest BCUT2D eigenvalue weighted by Gasteiger charge is 2.17. The molecular weight excluding hydrogens is 355 g/mol. The van der Waals surface area contributed by atoms with Gasteiger partial charge in [-0.2, -0.15) is 5.10 Å². The summed E-state index contributed by atoms with van der Waals surface area (Å²) in [5.41, 5.74) is 4.03. The molecule has 2 heterocycles. The number of halogens is 1. The van der Waals surface area contributed by atoms with E-state index in [0.29, 0.717) is 23.6 Å². The third kappa shape index (κ3) is 3.73.